The van der Waals surface area contributed by atoms with E-state index in [9.17, 15) is 8.78 Å². The molecule has 0 aromatic heterocycles. The van der Waals surface area contributed by atoms with E-state index in [-0.39, 0.29) is 5.56 Å². The van der Waals surface area contributed by atoms with Gasteiger partial charge in [0.15, 0.2) is 0 Å². The normalized spacial score (nSPS) is 21.2. The summed E-state index contributed by atoms with van der Waals surface area (Å²) in [5, 5.41) is 0. The van der Waals surface area contributed by atoms with Crippen LogP contribution in [-0.2, 0) is 12.3 Å². The third-order valence-electron chi connectivity index (χ3n) is 3.44. The first-order valence-corrected chi connectivity index (χ1v) is 5.71. The molecule has 17 heavy (non-hydrogen) atoms. The summed E-state index contributed by atoms with van der Waals surface area (Å²) in [6.07, 6.45) is 0.424. The highest BCUT2D eigenvalue weighted by Crippen LogP contribution is 2.50. The molecule has 0 nitrogen and oxygen atoms in total. The number of fused-ring (bicyclic) bond motifs is 1. The van der Waals surface area contributed by atoms with Crippen LogP contribution >= 0.6 is 0 Å². The van der Waals surface area contributed by atoms with Crippen LogP contribution in [0.5, 0.6) is 0 Å². The summed E-state index contributed by atoms with van der Waals surface area (Å²) in [4.78, 5) is 0. The van der Waals surface area contributed by atoms with Crippen molar-refractivity contribution in [2.45, 2.75) is 18.3 Å². The van der Waals surface area contributed by atoms with E-state index in [1.54, 1.807) is 24.3 Å². The van der Waals surface area contributed by atoms with Gasteiger partial charge in [-0.25, -0.2) is 8.78 Å². The van der Waals surface area contributed by atoms with Crippen LogP contribution in [0, 0.1) is 0 Å². The van der Waals surface area contributed by atoms with Crippen LogP contribution in [0.15, 0.2) is 54.6 Å². The molecule has 0 bridgehead atoms. The molecule has 2 aromatic rings. The van der Waals surface area contributed by atoms with Gasteiger partial charge in [-0.1, -0.05) is 54.6 Å². The average molecular weight is 230 g/mol. The van der Waals surface area contributed by atoms with Gasteiger partial charge < -0.3 is 0 Å². The maximum absolute atomic E-state index is 14.3. The van der Waals surface area contributed by atoms with Gasteiger partial charge >= 0.3 is 0 Å². The van der Waals surface area contributed by atoms with Crippen LogP contribution in [0.4, 0.5) is 8.78 Å². The number of benzene rings is 2. The van der Waals surface area contributed by atoms with Crippen molar-refractivity contribution in [1.29, 1.82) is 0 Å². The highest BCUT2D eigenvalue weighted by atomic mass is 19.3. The molecule has 0 amide bonds. The summed E-state index contributed by atoms with van der Waals surface area (Å²) in [6, 6.07) is 15.9. The molecule has 1 unspecified atom stereocenters. The molecule has 1 aliphatic carbocycles. The van der Waals surface area contributed by atoms with E-state index in [4.69, 9.17) is 0 Å². The van der Waals surface area contributed by atoms with Crippen molar-refractivity contribution in [2.24, 2.45) is 0 Å². The standard InChI is InChI=1S/C15H12F2/c16-15(17)13-9-5-4-8-12(13)10-14(15)11-6-2-1-3-7-11/h1-9,14H,10H2. The summed E-state index contributed by atoms with van der Waals surface area (Å²) in [5.41, 5.74) is 1.67. The van der Waals surface area contributed by atoms with Crippen molar-refractivity contribution in [2.75, 3.05) is 0 Å². The second kappa shape index (κ2) is 3.66. The molecule has 0 saturated heterocycles. The Bertz CT molecular complexity index is 532. The maximum atomic E-state index is 14.3. The van der Waals surface area contributed by atoms with Gasteiger partial charge in [-0.3, -0.25) is 0 Å². The highest BCUT2D eigenvalue weighted by molar-refractivity contribution is 5.42. The van der Waals surface area contributed by atoms with Gasteiger partial charge in [-0.2, -0.15) is 0 Å². The Kier molecular flexibility index (Phi) is 2.25. The number of hydrogen-bond acceptors (Lipinski definition) is 0. The van der Waals surface area contributed by atoms with E-state index >= 15 is 0 Å². The van der Waals surface area contributed by atoms with Gasteiger partial charge in [0.2, 0.25) is 0 Å². The van der Waals surface area contributed by atoms with E-state index < -0.39 is 11.8 Å². The zero-order chi connectivity index (χ0) is 11.9. The third kappa shape index (κ3) is 1.55. The van der Waals surface area contributed by atoms with Crippen LogP contribution in [-0.4, -0.2) is 0 Å². The fourth-order valence-corrected chi connectivity index (χ4v) is 2.57. The molecule has 0 N–H and O–H groups in total. The number of halogens is 2. The Morgan fingerprint density at radius 2 is 1.53 bits per heavy atom. The predicted molar refractivity (Wildman–Crippen MR) is 63.2 cm³/mol. The molecule has 1 aliphatic rings. The molecule has 0 spiro atoms. The minimum Gasteiger partial charge on any atom is -0.201 e. The molecule has 2 aromatic carbocycles. The van der Waals surface area contributed by atoms with E-state index in [1.807, 2.05) is 24.3 Å². The molecule has 2 heteroatoms. The maximum Gasteiger partial charge on any atom is 0.280 e. The van der Waals surface area contributed by atoms with Crippen molar-refractivity contribution in [3.05, 3.63) is 71.3 Å². The first kappa shape index (κ1) is 10.5. The van der Waals surface area contributed by atoms with Gasteiger partial charge in [0.25, 0.3) is 5.92 Å². The molecule has 1 atom stereocenters. The lowest BCUT2D eigenvalue weighted by atomic mass is 9.93. The topological polar surface area (TPSA) is 0 Å². The van der Waals surface area contributed by atoms with Crippen molar-refractivity contribution in [1.82, 2.24) is 0 Å². The van der Waals surface area contributed by atoms with E-state index in [0.717, 1.165) is 5.56 Å². The van der Waals surface area contributed by atoms with Gasteiger partial charge in [0.1, 0.15) is 0 Å². The van der Waals surface area contributed by atoms with Crippen LogP contribution < -0.4 is 0 Å². The Morgan fingerprint density at radius 3 is 2.24 bits per heavy atom. The lowest BCUT2D eigenvalue weighted by Crippen LogP contribution is -2.18. The summed E-state index contributed by atoms with van der Waals surface area (Å²) in [6.45, 7) is 0. The fraction of sp³-hybridized carbons (Fsp3) is 0.200. The summed E-state index contributed by atoms with van der Waals surface area (Å²) in [7, 11) is 0. The van der Waals surface area contributed by atoms with Crippen LogP contribution in [0.3, 0.4) is 0 Å². The smallest absolute Gasteiger partial charge is 0.201 e. The first-order valence-electron chi connectivity index (χ1n) is 5.71. The van der Waals surface area contributed by atoms with Crippen molar-refractivity contribution < 1.29 is 8.78 Å². The Labute approximate surface area is 98.9 Å². The third-order valence-corrected chi connectivity index (χ3v) is 3.44. The van der Waals surface area contributed by atoms with Gasteiger partial charge in [-0.15, -0.1) is 0 Å². The molecule has 3 rings (SSSR count). The minimum atomic E-state index is -2.75. The lowest BCUT2D eigenvalue weighted by Gasteiger charge is -2.20. The summed E-state index contributed by atoms with van der Waals surface area (Å²) >= 11 is 0. The highest BCUT2D eigenvalue weighted by Gasteiger charge is 2.48. The number of alkyl halides is 2. The lowest BCUT2D eigenvalue weighted by molar-refractivity contribution is -0.0221. The molecule has 0 radical (unpaired) electrons. The predicted octanol–water partition coefficient (Wildman–Crippen LogP) is 4.12. The zero-order valence-corrected chi connectivity index (χ0v) is 9.24. The molecular weight excluding hydrogens is 218 g/mol. The Balaban J connectivity index is 2.07. The van der Waals surface area contributed by atoms with Crippen molar-refractivity contribution in [3.8, 4) is 0 Å². The Hall–Kier alpha value is -1.70. The van der Waals surface area contributed by atoms with Crippen molar-refractivity contribution in [3.63, 3.8) is 0 Å². The molecule has 0 saturated carbocycles. The van der Waals surface area contributed by atoms with E-state index in [2.05, 4.69) is 0 Å². The molecule has 86 valence electrons. The second-order valence-corrected chi connectivity index (χ2v) is 4.45. The minimum absolute atomic E-state index is 0.189. The van der Waals surface area contributed by atoms with Crippen molar-refractivity contribution >= 4 is 0 Å². The van der Waals surface area contributed by atoms with Gasteiger partial charge in [-0.05, 0) is 17.5 Å². The van der Waals surface area contributed by atoms with E-state index in [1.165, 1.54) is 6.07 Å². The van der Waals surface area contributed by atoms with Gasteiger partial charge in [0.05, 0.1) is 5.92 Å². The zero-order valence-electron chi connectivity index (χ0n) is 9.24. The largest absolute Gasteiger partial charge is 0.280 e. The SMILES string of the molecule is FC1(F)c2ccccc2CC1c1ccccc1. The molecule has 0 aliphatic heterocycles. The fourth-order valence-electron chi connectivity index (χ4n) is 2.57. The summed E-state index contributed by atoms with van der Waals surface area (Å²) in [5.74, 6) is -3.47. The Morgan fingerprint density at radius 1 is 0.882 bits per heavy atom. The monoisotopic (exact) mass is 230 g/mol. The summed E-state index contributed by atoms with van der Waals surface area (Å²) < 4.78 is 28.6. The average Bonchev–Trinajstić information content (AvgIpc) is 2.63. The molecule has 0 heterocycles. The second-order valence-electron chi connectivity index (χ2n) is 4.45. The molecular formula is C15H12F2. The number of hydrogen-bond donors (Lipinski definition) is 0. The van der Waals surface area contributed by atoms with Crippen LogP contribution in [0.25, 0.3) is 0 Å². The quantitative estimate of drug-likeness (QED) is 0.691. The van der Waals surface area contributed by atoms with Crippen LogP contribution in [0.2, 0.25) is 0 Å². The number of rotatable bonds is 1. The van der Waals surface area contributed by atoms with Gasteiger partial charge in [0, 0.05) is 5.56 Å². The van der Waals surface area contributed by atoms with Crippen LogP contribution in [0.1, 0.15) is 22.6 Å². The molecule has 0 fully saturated rings. The van der Waals surface area contributed by atoms with E-state index in [0.29, 0.717) is 12.0 Å². The first-order chi connectivity index (χ1) is 8.19.